The van der Waals surface area contributed by atoms with Crippen molar-refractivity contribution < 1.29 is 4.39 Å². The zero-order valence-electron chi connectivity index (χ0n) is 7.26. The summed E-state index contributed by atoms with van der Waals surface area (Å²) in [5.74, 6) is 0.287. The predicted molar refractivity (Wildman–Crippen MR) is 48.3 cm³/mol. The normalized spacial score (nSPS) is 12.9. The third-order valence-electron chi connectivity index (χ3n) is 1.90. The molecule has 0 fully saturated rings. The quantitative estimate of drug-likeness (QED) is 0.731. The van der Waals surface area contributed by atoms with E-state index in [9.17, 15) is 4.39 Å². The van der Waals surface area contributed by atoms with Crippen LogP contribution in [-0.4, -0.2) is 6.54 Å². The summed E-state index contributed by atoms with van der Waals surface area (Å²) in [6.07, 6.45) is 0.927. The first-order valence-corrected chi connectivity index (χ1v) is 4.17. The first-order valence-electron chi connectivity index (χ1n) is 4.17. The molecule has 0 aliphatic carbocycles. The Hall–Kier alpha value is -0.890. The largest absolute Gasteiger partial charge is 0.330 e. The second kappa shape index (κ2) is 4.21. The highest BCUT2D eigenvalue weighted by molar-refractivity contribution is 5.16. The molecule has 0 aliphatic rings. The lowest BCUT2D eigenvalue weighted by molar-refractivity contribution is 0.589. The number of rotatable bonds is 3. The van der Waals surface area contributed by atoms with Gasteiger partial charge in [-0.1, -0.05) is 19.1 Å². The fourth-order valence-electron chi connectivity index (χ4n) is 1.11. The summed E-state index contributed by atoms with van der Waals surface area (Å²) in [6, 6.07) is 6.58. The summed E-state index contributed by atoms with van der Waals surface area (Å²) < 4.78 is 12.5. The van der Waals surface area contributed by atoms with Gasteiger partial charge in [0.1, 0.15) is 5.82 Å². The zero-order chi connectivity index (χ0) is 8.97. The van der Waals surface area contributed by atoms with Crippen LogP contribution in [0.3, 0.4) is 0 Å². The third kappa shape index (κ3) is 2.62. The van der Waals surface area contributed by atoms with Crippen LogP contribution < -0.4 is 5.73 Å². The van der Waals surface area contributed by atoms with E-state index < -0.39 is 0 Å². The molecule has 2 N–H and O–H groups in total. The van der Waals surface area contributed by atoms with Gasteiger partial charge in [0.25, 0.3) is 0 Å². The summed E-state index contributed by atoms with van der Waals surface area (Å²) in [7, 11) is 0. The van der Waals surface area contributed by atoms with Gasteiger partial charge >= 0.3 is 0 Å². The molecule has 0 radical (unpaired) electrons. The molecule has 2 heteroatoms. The van der Waals surface area contributed by atoms with Crippen molar-refractivity contribution >= 4 is 0 Å². The van der Waals surface area contributed by atoms with Crippen LogP contribution in [0.1, 0.15) is 12.5 Å². The zero-order valence-corrected chi connectivity index (χ0v) is 7.26. The molecule has 1 aromatic rings. The molecular weight excluding hydrogens is 153 g/mol. The van der Waals surface area contributed by atoms with E-state index in [1.54, 1.807) is 0 Å². The highest BCUT2D eigenvalue weighted by Crippen LogP contribution is 2.08. The van der Waals surface area contributed by atoms with E-state index >= 15 is 0 Å². The second-order valence-corrected chi connectivity index (χ2v) is 3.17. The first-order chi connectivity index (χ1) is 5.72. The van der Waals surface area contributed by atoms with Crippen molar-refractivity contribution in [2.45, 2.75) is 13.3 Å². The molecular formula is C10H14FN. The van der Waals surface area contributed by atoms with Crippen LogP contribution >= 0.6 is 0 Å². The monoisotopic (exact) mass is 167 g/mol. The van der Waals surface area contributed by atoms with Crippen molar-refractivity contribution in [2.75, 3.05) is 6.54 Å². The summed E-state index contributed by atoms with van der Waals surface area (Å²) in [5, 5.41) is 0. The van der Waals surface area contributed by atoms with Gasteiger partial charge < -0.3 is 5.73 Å². The van der Waals surface area contributed by atoms with Gasteiger partial charge in [-0.2, -0.15) is 0 Å². The molecule has 12 heavy (non-hydrogen) atoms. The van der Waals surface area contributed by atoms with Gasteiger partial charge in [0.05, 0.1) is 0 Å². The number of nitrogens with two attached hydrogens (primary N) is 1. The van der Waals surface area contributed by atoms with Crippen molar-refractivity contribution in [3.63, 3.8) is 0 Å². The first kappa shape index (κ1) is 9.20. The van der Waals surface area contributed by atoms with Crippen molar-refractivity contribution in [2.24, 2.45) is 11.7 Å². The maximum atomic E-state index is 12.5. The van der Waals surface area contributed by atoms with Crippen LogP contribution in [0, 0.1) is 11.7 Å². The van der Waals surface area contributed by atoms with Crippen LogP contribution in [0.5, 0.6) is 0 Å². The van der Waals surface area contributed by atoms with Crippen molar-refractivity contribution in [3.8, 4) is 0 Å². The average Bonchev–Trinajstić information content (AvgIpc) is 2.09. The smallest absolute Gasteiger partial charge is 0.123 e. The Kier molecular flexibility index (Phi) is 3.23. The van der Waals surface area contributed by atoms with Crippen LogP contribution in [0.25, 0.3) is 0 Å². The maximum absolute atomic E-state index is 12.5. The highest BCUT2D eigenvalue weighted by atomic mass is 19.1. The molecule has 0 amide bonds. The van der Waals surface area contributed by atoms with E-state index in [2.05, 4.69) is 6.92 Å². The topological polar surface area (TPSA) is 26.0 Å². The standard InChI is InChI=1S/C10H14FN/c1-8(7-12)6-9-2-4-10(11)5-3-9/h2-5,8H,6-7,12H2,1H3/t8-/m1/s1. The molecule has 0 aromatic heterocycles. The van der Waals surface area contributed by atoms with Gasteiger partial charge in [0.2, 0.25) is 0 Å². The molecule has 1 nitrogen and oxygen atoms in total. The molecule has 0 saturated carbocycles. The van der Waals surface area contributed by atoms with Gasteiger partial charge in [0, 0.05) is 0 Å². The highest BCUT2D eigenvalue weighted by Gasteiger charge is 2.00. The Bertz CT molecular complexity index is 230. The van der Waals surface area contributed by atoms with E-state index in [1.807, 2.05) is 12.1 Å². The summed E-state index contributed by atoms with van der Waals surface area (Å²) in [5.41, 5.74) is 6.62. The lowest BCUT2D eigenvalue weighted by atomic mass is 10.0. The molecule has 0 unspecified atom stereocenters. The van der Waals surface area contributed by atoms with E-state index in [-0.39, 0.29) is 5.82 Å². The molecule has 1 aromatic carbocycles. The molecule has 66 valence electrons. The minimum absolute atomic E-state index is 0.181. The molecule has 0 aliphatic heterocycles. The number of halogens is 1. The third-order valence-corrected chi connectivity index (χ3v) is 1.90. The van der Waals surface area contributed by atoms with Crippen molar-refractivity contribution in [1.29, 1.82) is 0 Å². The maximum Gasteiger partial charge on any atom is 0.123 e. The van der Waals surface area contributed by atoms with Gasteiger partial charge in [0.15, 0.2) is 0 Å². The minimum Gasteiger partial charge on any atom is -0.330 e. The Morgan fingerprint density at radius 1 is 1.33 bits per heavy atom. The molecule has 0 saturated heterocycles. The van der Waals surface area contributed by atoms with Crippen LogP contribution in [0.4, 0.5) is 4.39 Å². The van der Waals surface area contributed by atoms with Gasteiger partial charge in [-0.25, -0.2) is 4.39 Å². The Morgan fingerprint density at radius 3 is 2.42 bits per heavy atom. The van der Waals surface area contributed by atoms with E-state index in [0.717, 1.165) is 12.0 Å². The molecule has 0 spiro atoms. The fraction of sp³-hybridized carbons (Fsp3) is 0.400. The van der Waals surface area contributed by atoms with E-state index in [0.29, 0.717) is 12.5 Å². The summed E-state index contributed by atoms with van der Waals surface area (Å²) >= 11 is 0. The SMILES string of the molecule is C[C@@H](CN)Cc1ccc(F)cc1. The second-order valence-electron chi connectivity index (χ2n) is 3.17. The Morgan fingerprint density at radius 2 is 1.92 bits per heavy atom. The van der Waals surface area contributed by atoms with E-state index in [1.165, 1.54) is 12.1 Å². The van der Waals surface area contributed by atoms with Crippen LogP contribution in [0.2, 0.25) is 0 Å². The van der Waals surface area contributed by atoms with Crippen LogP contribution in [0.15, 0.2) is 24.3 Å². The lowest BCUT2D eigenvalue weighted by Gasteiger charge is -2.07. The molecule has 1 atom stereocenters. The van der Waals surface area contributed by atoms with Crippen molar-refractivity contribution in [3.05, 3.63) is 35.6 Å². The van der Waals surface area contributed by atoms with Crippen LogP contribution in [-0.2, 0) is 6.42 Å². The van der Waals surface area contributed by atoms with Gasteiger partial charge in [-0.3, -0.25) is 0 Å². The number of hydrogen-bond donors (Lipinski definition) is 1. The Balaban J connectivity index is 2.58. The van der Waals surface area contributed by atoms with E-state index in [4.69, 9.17) is 5.73 Å². The lowest BCUT2D eigenvalue weighted by Crippen LogP contribution is -2.12. The fourth-order valence-corrected chi connectivity index (χ4v) is 1.11. The number of benzene rings is 1. The molecule has 1 rings (SSSR count). The predicted octanol–water partition coefficient (Wildman–Crippen LogP) is 1.96. The molecule has 0 bridgehead atoms. The van der Waals surface area contributed by atoms with Crippen molar-refractivity contribution in [1.82, 2.24) is 0 Å². The van der Waals surface area contributed by atoms with Gasteiger partial charge in [-0.05, 0) is 36.6 Å². The molecule has 0 heterocycles. The summed E-state index contributed by atoms with van der Waals surface area (Å²) in [4.78, 5) is 0. The average molecular weight is 167 g/mol. The Labute approximate surface area is 72.4 Å². The van der Waals surface area contributed by atoms with Gasteiger partial charge in [-0.15, -0.1) is 0 Å². The minimum atomic E-state index is -0.181. The summed E-state index contributed by atoms with van der Waals surface area (Å²) in [6.45, 7) is 2.76. The number of hydrogen-bond acceptors (Lipinski definition) is 1.